The van der Waals surface area contributed by atoms with E-state index in [0.29, 0.717) is 16.0 Å². The lowest BCUT2D eigenvalue weighted by Gasteiger charge is -2.07. The third kappa shape index (κ3) is 5.05. The minimum Gasteiger partial charge on any atom is -0.205 e. The van der Waals surface area contributed by atoms with Gasteiger partial charge in [-0.15, -0.1) is 0 Å². The fraction of sp³-hybridized carbons (Fsp3) is 0.103. The molecule has 2 heteroatoms. The van der Waals surface area contributed by atoms with Crippen LogP contribution in [0.4, 0.5) is 4.39 Å². The van der Waals surface area contributed by atoms with Gasteiger partial charge in [-0.1, -0.05) is 78.1 Å². The average Bonchev–Trinajstić information content (AvgIpc) is 2.80. The highest BCUT2D eigenvalue weighted by atomic mass is 35.5. The Morgan fingerprint density at radius 3 is 2.32 bits per heavy atom. The van der Waals surface area contributed by atoms with Crippen molar-refractivity contribution in [3.05, 3.63) is 119 Å². The monoisotopic (exact) mass is 424 g/mol. The summed E-state index contributed by atoms with van der Waals surface area (Å²) >= 11 is 5.90. The molecule has 4 aromatic carbocycles. The average molecular weight is 425 g/mol. The van der Waals surface area contributed by atoms with E-state index in [-0.39, 0.29) is 5.82 Å². The van der Waals surface area contributed by atoms with E-state index in [9.17, 15) is 0 Å². The highest BCUT2D eigenvalue weighted by Crippen LogP contribution is 2.28. The number of rotatable bonds is 4. The summed E-state index contributed by atoms with van der Waals surface area (Å²) < 4.78 is 15.0. The zero-order chi connectivity index (χ0) is 21.6. The molecule has 0 aromatic heterocycles. The van der Waals surface area contributed by atoms with E-state index in [2.05, 4.69) is 48.3 Å². The van der Waals surface area contributed by atoms with Crippen LogP contribution < -0.4 is 0 Å². The van der Waals surface area contributed by atoms with Gasteiger partial charge in [0, 0.05) is 16.0 Å². The van der Waals surface area contributed by atoms with E-state index in [1.165, 1.54) is 5.56 Å². The van der Waals surface area contributed by atoms with E-state index in [1.54, 1.807) is 18.2 Å². The van der Waals surface area contributed by atoms with Gasteiger partial charge in [-0.05, 0) is 78.2 Å². The van der Waals surface area contributed by atoms with E-state index < -0.39 is 0 Å². The van der Waals surface area contributed by atoms with Crippen LogP contribution in [0.5, 0.6) is 0 Å². The maximum atomic E-state index is 15.0. The predicted molar refractivity (Wildman–Crippen MR) is 130 cm³/mol. The van der Waals surface area contributed by atoms with E-state index in [4.69, 9.17) is 11.6 Å². The number of fused-ring (bicyclic) bond motifs is 1. The Morgan fingerprint density at radius 2 is 1.58 bits per heavy atom. The van der Waals surface area contributed by atoms with Crippen LogP contribution in [0.3, 0.4) is 0 Å². The fourth-order valence-corrected chi connectivity index (χ4v) is 3.65. The molecule has 4 rings (SSSR count). The van der Waals surface area contributed by atoms with E-state index >= 15 is 4.39 Å². The van der Waals surface area contributed by atoms with Crippen LogP contribution >= 0.6 is 11.6 Å². The van der Waals surface area contributed by atoms with Gasteiger partial charge >= 0.3 is 0 Å². The molecule has 0 radical (unpaired) electrons. The van der Waals surface area contributed by atoms with Crippen molar-refractivity contribution < 1.29 is 4.39 Å². The molecule has 31 heavy (non-hydrogen) atoms. The number of hydrogen-bond donors (Lipinski definition) is 0. The summed E-state index contributed by atoms with van der Waals surface area (Å²) in [6.07, 6.45) is 6.35. The molecular weight excluding hydrogens is 403 g/mol. The highest BCUT2D eigenvalue weighted by Gasteiger charge is 2.07. The summed E-state index contributed by atoms with van der Waals surface area (Å²) in [5.41, 5.74) is 4.71. The molecule has 0 saturated heterocycles. The molecule has 0 amide bonds. The number of benzene rings is 4. The number of halogens is 2. The lowest BCUT2D eigenvalue weighted by atomic mass is 9.98. The van der Waals surface area contributed by atoms with Crippen LogP contribution in [0.15, 0.2) is 91.0 Å². The molecule has 0 nitrogen and oxygen atoms in total. The van der Waals surface area contributed by atoms with Crippen LogP contribution in [0, 0.1) is 17.7 Å². The first-order valence-electron chi connectivity index (χ1n) is 10.3. The van der Waals surface area contributed by atoms with Gasteiger partial charge in [0.05, 0.1) is 5.56 Å². The molecule has 0 aliphatic heterocycles. The molecule has 0 bridgehead atoms. The minimum atomic E-state index is -0.287. The van der Waals surface area contributed by atoms with Crippen molar-refractivity contribution in [2.24, 2.45) is 0 Å². The Hall–Kier alpha value is -3.34. The van der Waals surface area contributed by atoms with Gasteiger partial charge in [0.1, 0.15) is 5.82 Å². The van der Waals surface area contributed by atoms with Crippen molar-refractivity contribution in [2.45, 2.75) is 19.8 Å². The molecule has 152 valence electrons. The third-order valence-corrected chi connectivity index (χ3v) is 5.51. The summed E-state index contributed by atoms with van der Waals surface area (Å²) in [4.78, 5) is 0. The van der Waals surface area contributed by atoms with Crippen LogP contribution in [0.1, 0.15) is 30.0 Å². The van der Waals surface area contributed by atoms with Crippen LogP contribution in [-0.4, -0.2) is 0 Å². The summed E-state index contributed by atoms with van der Waals surface area (Å²) in [5.74, 6) is 5.66. The van der Waals surface area contributed by atoms with E-state index in [1.807, 2.05) is 43.3 Å². The predicted octanol–water partition coefficient (Wildman–Crippen LogP) is 8.21. The smallest absolute Gasteiger partial charge is 0.146 e. The molecule has 4 aromatic rings. The number of aryl methyl sites for hydroxylation is 1. The van der Waals surface area contributed by atoms with Gasteiger partial charge < -0.3 is 0 Å². The van der Waals surface area contributed by atoms with Crippen molar-refractivity contribution >= 4 is 22.4 Å². The van der Waals surface area contributed by atoms with Crippen LogP contribution in [0.25, 0.3) is 21.9 Å². The Morgan fingerprint density at radius 1 is 0.839 bits per heavy atom. The van der Waals surface area contributed by atoms with Crippen molar-refractivity contribution in [3.8, 4) is 23.0 Å². The first-order chi connectivity index (χ1) is 15.1. The molecule has 0 aliphatic carbocycles. The summed E-state index contributed by atoms with van der Waals surface area (Å²) in [6, 6.07) is 25.3. The SMILES string of the molecule is C/C=C/CCc1ccc(-c2ccc3c(F)c(C#Cc4ccc(Cl)cc4)ccc3c2)cc1. The Bertz CT molecular complexity index is 1290. The third-order valence-electron chi connectivity index (χ3n) is 5.26. The largest absolute Gasteiger partial charge is 0.205 e. The lowest BCUT2D eigenvalue weighted by molar-refractivity contribution is 0.636. The van der Waals surface area contributed by atoms with Gasteiger partial charge in [-0.3, -0.25) is 0 Å². The lowest BCUT2D eigenvalue weighted by Crippen LogP contribution is -1.88. The number of hydrogen-bond acceptors (Lipinski definition) is 0. The second-order valence-electron chi connectivity index (χ2n) is 7.42. The zero-order valence-corrected chi connectivity index (χ0v) is 18.1. The quantitative estimate of drug-likeness (QED) is 0.228. The Kier molecular flexibility index (Phi) is 6.51. The van der Waals surface area contributed by atoms with Gasteiger partial charge in [-0.25, -0.2) is 4.39 Å². The topological polar surface area (TPSA) is 0 Å². The van der Waals surface area contributed by atoms with Crippen molar-refractivity contribution in [3.63, 3.8) is 0 Å². The van der Waals surface area contributed by atoms with Gasteiger partial charge in [0.15, 0.2) is 0 Å². The standard InChI is InChI=1S/C29H22ClF/c1-2-3-4-5-21-6-11-23(12-7-21)25-16-19-28-26(20-25)15-14-24(29(28)31)13-8-22-9-17-27(30)18-10-22/h2-3,6-7,9-12,14-20H,4-5H2,1H3/b3-2+. The molecule has 0 saturated carbocycles. The molecule has 0 unspecified atom stereocenters. The van der Waals surface area contributed by atoms with Crippen molar-refractivity contribution in [1.82, 2.24) is 0 Å². The van der Waals surface area contributed by atoms with Crippen LogP contribution in [-0.2, 0) is 6.42 Å². The molecular formula is C29H22ClF. The van der Waals surface area contributed by atoms with Gasteiger partial charge in [0.25, 0.3) is 0 Å². The molecule has 0 heterocycles. The summed E-state index contributed by atoms with van der Waals surface area (Å²) in [7, 11) is 0. The molecule has 0 aliphatic rings. The number of allylic oxidation sites excluding steroid dienone is 2. The molecule has 0 atom stereocenters. The Balaban J connectivity index is 1.59. The van der Waals surface area contributed by atoms with E-state index in [0.717, 1.165) is 34.9 Å². The second kappa shape index (κ2) is 9.65. The van der Waals surface area contributed by atoms with Gasteiger partial charge in [-0.2, -0.15) is 0 Å². The Labute approximate surface area is 188 Å². The normalized spacial score (nSPS) is 10.9. The first kappa shape index (κ1) is 20.9. The zero-order valence-electron chi connectivity index (χ0n) is 17.3. The first-order valence-corrected chi connectivity index (χ1v) is 10.7. The summed E-state index contributed by atoms with van der Waals surface area (Å²) in [6.45, 7) is 2.04. The van der Waals surface area contributed by atoms with Crippen molar-refractivity contribution in [1.29, 1.82) is 0 Å². The van der Waals surface area contributed by atoms with Crippen molar-refractivity contribution in [2.75, 3.05) is 0 Å². The fourth-order valence-electron chi connectivity index (χ4n) is 3.52. The molecule has 0 fully saturated rings. The summed E-state index contributed by atoms with van der Waals surface area (Å²) in [5, 5.41) is 2.10. The van der Waals surface area contributed by atoms with Gasteiger partial charge in [0.2, 0.25) is 0 Å². The minimum absolute atomic E-state index is 0.287. The maximum Gasteiger partial charge on any atom is 0.146 e. The maximum absolute atomic E-state index is 15.0. The highest BCUT2D eigenvalue weighted by molar-refractivity contribution is 6.30. The second-order valence-corrected chi connectivity index (χ2v) is 7.86. The molecule has 0 spiro atoms. The molecule has 0 N–H and O–H groups in total. The van der Waals surface area contributed by atoms with Crippen LogP contribution in [0.2, 0.25) is 5.02 Å².